The summed E-state index contributed by atoms with van der Waals surface area (Å²) in [7, 11) is 8.45. The summed E-state index contributed by atoms with van der Waals surface area (Å²) < 4.78 is 11.4. The highest BCUT2D eigenvalue weighted by Crippen LogP contribution is 2.29. The van der Waals surface area contributed by atoms with E-state index in [0.717, 1.165) is 19.3 Å². The second-order valence-electron chi connectivity index (χ2n) is 11.4. The van der Waals surface area contributed by atoms with Crippen LogP contribution in [0, 0.1) is 17.8 Å². The van der Waals surface area contributed by atoms with Gasteiger partial charge in [0.2, 0.25) is 23.6 Å². The molecule has 0 spiro atoms. The van der Waals surface area contributed by atoms with Crippen molar-refractivity contribution in [1.29, 1.82) is 0 Å². The van der Waals surface area contributed by atoms with E-state index in [0.29, 0.717) is 6.54 Å². The largest absolute Gasteiger partial charge is 0.379 e. The number of ether oxygens (including phenoxy) is 2. The number of amides is 4. The Morgan fingerprint density at radius 3 is 2.13 bits per heavy atom. The van der Waals surface area contributed by atoms with E-state index in [-0.39, 0.29) is 60.6 Å². The lowest BCUT2D eigenvalue weighted by Crippen LogP contribution is -2.55. The highest BCUT2D eigenvalue weighted by molar-refractivity contribution is 5.87. The van der Waals surface area contributed by atoms with Gasteiger partial charge < -0.3 is 30.3 Å². The number of likely N-dealkylation sites (N-methyl/N-ethyl adjacent to an activating group) is 2. The molecule has 11 nitrogen and oxygen atoms in total. The Morgan fingerprint density at radius 2 is 1.67 bits per heavy atom. The highest BCUT2D eigenvalue weighted by atomic mass is 16.5. The number of methoxy groups -OCH3 is 2. The Kier molecular flexibility index (Phi) is 14.4. The summed E-state index contributed by atoms with van der Waals surface area (Å²) in [6.45, 7) is 10.1. The zero-order valence-corrected chi connectivity index (χ0v) is 25.7. The normalized spacial score (nSPS) is 20.3. The molecule has 4 amide bonds. The van der Waals surface area contributed by atoms with Gasteiger partial charge in [-0.1, -0.05) is 41.0 Å². The van der Waals surface area contributed by atoms with Crippen molar-refractivity contribution in [3.05, 3.63) is 0 Å². The van der Waals surface area contributed by atoms with Gasteiger partial charge in [-0.3, -0.25) is 24.1 Å². The molecule has 0 radical (unpaired) electrons. The zero-order valence-electron chi connectivity index (χ0n) is 25.7. The van der Waals surface area contributed by atoms with Crippen LogP contribution in [0.2, 0.25) is 0 Å². The summed E-state index contributed by atoms with van der Waals surface area (Å²) >= 11 is 0. The summed E-state index contributed by atoms with van der Waals surface area (Å²) in [6.07, 6.45) is 1.31. The topological polar surface area (TPSA) is 135 Å². The van der Waals surface area contributed by atoms with Crippen LogP contribution in [-0.4, -0.2) is 117 Å². The molecule has 0 bridgehead atoms. The maximum atomic E-state index is 13.6. The van der Waals surface area contributed by atoms with Gasteiger partial charge in [-0.05, 0) is 38.8 Å². The van der Waals surface area contributed by atoms with Crippen molar-refractivity contribution in [2.45, 2.75) is 90.6 Å². The van der Waals surface area contributed by atoms with Gasteiger partial charge in [-0.15, -0.1) is 0 Å². The number of hydrogen-bond donors (Lipinski definition) is 2. The van der Waals surface area contributed by atoms with Crippen molar-refractivity contribution < 1.29 is 28.7 Å². The molecule has 0 aromatic rings. The Hall–Kier alpha value is -2.24. The SMILES string of the molecule is CCC(C)C(C(CC(=O)N1CCCC1C(OC)C(C)C(N)=O)OC)N(C)C(=O)CNC(=O)C(C(C)C)N(C)C. The van der Waals surface area contributed by atoms with Gasteiger partial charge in [0.25, 0.3) is 0 Å². The molecule has 11 heteroatoms. The van der Waals surface area contributed by atoms with Gasteiger partial charge in [0.1, 0.15) is 0 Å². The second kappa shape index (κ2) is 16.1. The predicted octanol–water partition coefficient (Wildman–Crippen LogP) is 1.09. The zero-order chi connectivity index (χ0) is 30.0. The van der Waals surface area contributed by atoms with E-state index in [1.54, 1.807) is 30.9 Å². The van der Waals surface area contributed by atoms with Gasteiger partial charge >= 0.3 is 0 Å². The van der Waals surface area contributed by atoms with E-state index < -0.39 is 24.0 Å². The van der Waals surface area contributed by atoms with Crippen LogP contribution in [0.15, 0.2) is 0 Å². The number of rotatable bonds is 16. The van der Waals surface area contributed by atoms with Gasteiger partial charge in [0.15, 0.2) is 0 Å². The molecule has 1 aliphatic heterocycles. The average molecular weight is 556 g/mol. The third-order valence-corrected chi connectivity index (χ3v) is 8.21. The van der Waals surface area contributed by atoms with Gasteiger partial charge in [-0.25, -0.2) is 0 Å². The van der Waals surface area contributed by atoms with E-state index in [1.807, 2.05) is 46.7 Å². The average Bonchev–Trinajstić information content (AvgIpc) is 3.35. The summed E-state index contributed by atoms with van der Waals surface area (Å²) in [5.74, 6) is -1.45. The van der Waals surface area contributed by atoms with Crippen LogP contribution in [0.25, 0.3) is 0 Å². The number of hydrogen-bond acceptors (Lipinski definition) is 7. The lowest BCUT2D eigenvalue weighted by atomic mass is 9.90. The third-order valence-electron chi connectivity index (χ3n) is 8.21. The molecule has 0 aromatic heterocycles. The Bertz CT molecular complexity index is 814. The first-order chi connectivity index (χ1) is 18.2. The van der Waals surface area contributed by atoms with Crippen molar-refractivity contribution >= 4 is 23.6 Å². The molecule has 1 saturated heterocycles. The molecule has 1 rings (SSSR count). The Balaban J connectivity index is 3.04. The van der Waals surface area contributed by atoms with E-state index in [9.17, 15) is 19.2 Å². The van der Waals surface area contributed by atoms with E-state index in [4.69, 9.17) is 15.2 Å². The maximum absolute atomic E-state index is 13.6. The Labute approximate surface area is 235 Å². The first-order valence-corrected chi connectivity index (χ1v) is 14.1. The van der Waals surface area contributed by atoms with E-state index in [2.05, 4.69) is 5.32 Å². The van der Waals surface area contributed by atoms with Crippen LogP contribution in [0.3, 0.4) is 0 Å². The van der Waals surface area contributed by atoms with Crippen LogP contribution in [0.4, 0.5) is 0 Å². The fourth-order valence-electron chi connectivity index (χ4n) is 5.86. The van der Waals surface area contributed by atoms with E-state index in [1.165, 1.54) is 7.11 Å². The molecule has 3 N–H and O–H groups in total. The van der Waals surface area contributed by atoms with Crippen LogP contribution in [0.1, 0.15) is 60.3 Å². The molecular formula is C28H53N5O6. The number of primary amides is 1. The number of nitrogens with zero attached hydrogens (tertiary/aromatic N) is 3. The molecule has 1 aliphatic rings. The Morgan fingerprint density at radius 1 is 1.05 bits per heavy atom. The molecule has 226 valence electrons. The predicted molar refractivity (Wildman–Crippen MR) is 151 cm³/mol. The van der Waals surface area contributed by atoms with Crippen molar-refractivity contribution in [1.82, 2.24) is 20.0 Å². The minimum atomic E-state index is -0.557. The molecule has 0 aliphatic carbocycles. The minimum absolute atomic E-state index is 0.0357. The first-order valence-electron chi connectivity index (χ1n) is 14.1. The molecule has 1 fully saturated rings. The first kappa shape index (κ1) is 34.8. The number of carbonyl (C=O) groups is 4. The summed E-state index contributed by atoms with van der Waals surface area (Å²) in [5.41, 5.74) is 5.53. The summed E-state index contributed by atoms with van der Waals surface area (Å²) in [5, 5.41) is 2.79. The standard InChI is InChI=1S/C28H53N5O6/c1-11-18(4)25(32(8)23(35)16-30-28(37)24(17(2)3)31(6)7)21(38-9)15-22(34)33-14-12-13-20(33)26(39-10)19(5)27(29)36/h17-21,24-26H,11-16H2,1-10H3,(H2,29,36)(H,30,37). The molecule has 1 heterocycles. The van der Waals surface area contributed by atoms with Crippen LogP contribution in [0.5, 0.6) is 0 Å². The smallest absolute Gasteiger partial charge is 0.242 e. The number of nitrogens with one attached hydrogen (secondary N) is 1. The van der Waals surface area contributed by atoms with Gasteiger partial charge in [0, 0.05) is 27.8 Å². The molecular weight excluding hydrogens is 502 g/mol. The van der Waals surface area contributed by atoms with Crippen LogP contribution >= 0.6 is 0 Å². The highest BCUT2D eigenvalue weighted by Gasteiger charge is 2.41. The van der Waals surface area contributed by atoms with Crippen molar-refractivity contribution in [2.24, 2.45) is 23.5 Å². The van der Waals surface area contributed by atoms with Gasteiger partial charge in [0.05, 0.1) is 49.2 Å². The molecule has 7 unspecified atom stereocenters. The maximum Gasteiger partial charge on any atom is 0.242 e. The lowest BCUT2D eigenvalue weighted by Gasteiger charge is -2.39. The fraction of sp³-hybridized carbons (Fsp3) is 0.857. The van der Waals surface area contributed by atoms with E-state index >= 15 is 0 Å². The van der Waals surface area contributed by atoms with Crippen molar-refractivity contribution in [3.8, 4) is 0 Å². The van der Waals surface area contributed by atoms with Crippen molar-refractivity contribution in [3.63, 3.8) is 0 Å². The van der Waals surface area contributed by atoms with Crippen LogP contribution < -0.4 is 11.1 Å². The second-order valence-corrected chi connectivity index (χ2v) is 11.4. The number of carbonyl (C=O) groups excluding carboxylic acids is 4. The monoisotopic (exact) mass is 555 g/mol. The quantitative estimate of drug-likeness (QED) is 0.291. The molecule has 0 saturated carbocycles. The molecule has 7 atom stereocenters. The summed E-state index contributed by atoms with van der Waals surface area (Å²) in [6, 6.07) is -0.990. The third kappa shape index (κ3) is 9.14. The summed E-state index contributed by atoms with van der Waals surface area (Å²) in [4.78, 5) is 56.6. The van der Waals surface area contributed by atoms with Gasteiger partial charge in [-0.2, -0.15) is 0 Å². The van der Waals surface area contributed by atoms with Crippen LogP contribution in [-0.2, 0) is 28.7 Å². The molecule has 0 aromatic carbocycles. The lowest BCUT2D eigenvalue weighted by molar-refractivity contribution is -0.145. The molecule has 39 heavy (non-hydrogen) atoms. The number of likely N-dealkylation sites (tertiary alicyclic amines) is 1. The fourth-order valence-corrected chi connectivity index (χ4v) is 5.86. The van der Waals surface area contributed by atoms with Crippen molar-refractivity contribution in [2.75, 3.05) is 48.5 Å². The minimum Gasteiger partial charge on any atom is -0.379 e. The number of nitrogens with two attached hydrogens (primary N) is 1.